The van der Waals surface area contributed by atoms with Gasteiger partial charge in [0.15, 0.2) is 0 Å². The Balaban J connectivity index is 2.11. The van der Waals surface area contributed by atoms with E-state index in [9.17, 15) is 4.55 Å². The van der Waals surface area contributed by atoms with E-state index in [4.69, 9.17) is 0 Å². The predicted octanol–water partition coefficient (Wildman–Crippen LogP) is 0.512. The first-order valence-electron chi connectivity index (χ1n) is 1.78. The van der Waals surface area contributed by atoms with Crippen LogP contribution in [0.1, 0.15) is 0 Å². The largest absolute Gasteiger partial charge is 0.616 e. The van der Waals surface area contributed by atoms with Crippen LogP contribution in [0.4, 0.5) is 0 Å². The minimum Gasteiger partial charge on any atom is -0.616 e. The van der Waals surface area contributed by atoms with Gasteiger partial charge in [0, 0.05) is 0 Å². The average molecular weight is 169 g/mol. The van der Waals surface area contributed by atoms with Crippen LogP contribution < -0.4 is 0 Å². The monoisotopic (exact) mass is 168 g/mol. The highest BCUT2D eigenvalue weighted by atomic mass is 79.9. The molecule has 1 fully saturated rings. The fraction of sp³-hybridized carbons (Fsp3) is 1.00. The molecule has 0 radical (unpaired) electrons. The quantitative estimate of drug-likeness (QED) is 0.382. The summed E-state index contributed by atoms with van der Waals surface area (Å²) in [5, 5.41) is 0. The van der Waals surface area contributed by atoms with E-state index in [-0.39, 0.29) is 0 Å². The Hall–Kier alpha value is 0.790. The van der Waals surface area contributed by atoms with Gasteiger partial charge in [-0.15, -0.1) is 0 Å². The first-order chi connectivity index (χ1) is 2.79. The van der Waals surface area contributed by atoms with Gasteiger partial charge in [0.2, 0.25) is 0 Å². The second-order valence-corrected chi connectivity index (χ2v) is 4.21. The molecule has 36 valence electrons. The van der Waals surface area contributed by atoms with E-state index in [0.717, 1.165) is 11.5 Å². The van der Waals surface area contributed by atoms with Crippen LogP contribution in [-0.2, 0) is 11.2 Å². The van der Waals surface area contributed by atoms with Crippen molar-refractivity contribution in [2.75, 3.05) is 11.5 Å². The van der Waals surface area contributed by atoms with Crippen LogP contribution in [0.15, 0.2) is 0 Å². The lowest BCUT2D eigenvalue weighted by Gasteiger charge is -2.23. The third-order valence-electron chi connectivity index (χ3n) is 0.733. The van der Waals surface area contributed by atoms with Gasteiger partial charge >= 0.3 is 0 Å². The summed E-state index contributed by atoms with van der Waals surface area (Å²) in [4.78, 5) is 0.554. The van der Waals surface area contributed by atoms with Crippen molar-refractivity contribution in [1.29, 1.82) is 0 Å². The number of rotatable bonds is 0. The molecule has 1 aliphatic rings. The Morgan fingerprint density at radius 2 is 2.17 bits per heavy atom. The molecule has 1 rings (SSSR count). The second-order valence-electron chi connectivity index (χ2n) is 1.37. The van der Waals surface area contributed by atoms with Crippen LogP contribution in [0.3, 0.4) is 0 Å². The lowest BCUT2D eigenvalue weighted by molar-refractivity contribution is 0.582. The van der Waals surface area contributed by atoms with Crippen LogP contribution >= 0.6 is 15.9 Å². The smallest absolute Gasteiger partial charge is 0.122 e. The fourth-order valence-electron chi connectivity index (χ4n) is 0.355. The van der Waals surface area contributed by atoms with E-state index in [1.54, 1.807) is 0 Å². The maximum absolute atomic E-state index is 10.2. The van der Waals surface area contributed by atoms with E-state index < -0.39 is 11.2 Å². The van der Waals surface area contributed by atoms with Crippen molar-refractivity contribution in [1.82, 2.24) is 0 Å². The maximum Gasteiger partial charge on any atom is 0.122 e. The second kappa shape index (κ2) is 1.72. The molecule has 0 amide bonds. The lowest BCUT2D eigenvalue weighted by Crippen LogP contribution is -2.36. The van der Waals surface area contributed by atoms with Crippen molar-refractivity contribution in [2.24, 2.45) is 0 Å². The minimum atomic E-state index is -0.469. The third kappa shape index (κ3) is 0.891. The summed E-state index contributed by atoms with van der Waals surface area (Å²) in [5.74, 6) is 1.72. The summed E-state index contributed by atoms with van der Waals surface area (Å²) >= 11 is 2.84. The summed E-state index contributed by atoms with van der Waals surface area (Å²) in [7, 11) is 0. The summed E-state index contributed by atoms with van der Waals surface area (Å²) < 4.78 is 10.2. The van der Waals surface area contributed by atoms with Gasteiger partial charge in [-0.3, -0.25) is 0 Å². The van der Waals surface area contributed by atoms with Crippen molar-refractivity contribution >= 4 is 27.1 Å². The van der Waals surface area contributed by atoms with Crippen molar-refractivity contribution in [2.45, 2.75) is 4.83 Å². The van der Waals surface area contributed by atoms with Gasteiger partial charge in [-0.2, -0.15) is 0 Å². The SMILES string of the molecule is [O-][S@+]1C[C@H](Br)C1. The summed E-state index contributed by atoms with van der Waals surface area (Å²) in [6.07, 6.45) is 0. The summed E-state index contributed by atoms with van der Waals surface area (Å²) in [6.45, 7) is 0. The van der Waals surface area contributed by atoms with Gasteiger partial charge in [0.1, 0.15) is 16.3 Å². The molecule has 0 aromatic carbocycles. The average Bonchev–Trinajstić information content (AvgIpc) is 1.33. The Bertz CT molecular complexity index is 46.8. The van der Waals surface area contributed by atoms with Gasteiger partial charge in [0.05, 0.1) is 0 Å². The topological polar surface area (TPSA) is 23.1 Å². The molecule has 3 heteroatoms. The van der Waals surface area contributed by atoms with Gasteiger partial charge in [-0.05, 0) is 0 Å². The molecule has 0 saturated carbocycles. The zero-order chi connectivity index (χ0) is 4.57. The first-order valence-corrected chi connectivity index (χ1v) is 4.18. The molecule has 0 spiro atoms. The van der Waals surface area contributed by atoms with Crippen molar-refractivity contribution < 1.29 is 4.55 Å². The zero-order valence-electron chi connectivity index (χ0n) is 3.19. The lowest BCUT2D eigenvalue weighted by atomic mass is 10.5. The molecule has 0 aromatic rings. The molecule has 1 nitrogen and oxygen atoms in total. The Labute approximate surface area is 48.4 Å². The van der Waals surface area contributed by atoms with Gasteiger partial charge < -0.3 is 4.55 Å². The highest BCUT2D eigenvalue weighted by Crippen LogP contribution is 2.17. The van der Waals surface area contributed by atoms with Crippen LogP contribution in [0.2, 0.25) is 0 Å². The Morgan fingerprint density at radius 1 is 1.67 bits per heavy atom. The first kappa shape index (κ1) is 4.94. The predicted molar refractivity (Wildman–Crippen MR) is 30.6 cm³/mol. The van der Waals surface area contributed by atoms with Gasteiger partial charge in [0.25, 0.3) is 0 Å². The van der Waals surface area contributed by atoms with Crippen molar-refractivity contribution in [3.05, 3.63) is 0 Å². The summed E-state index contributed by atoms with van der Waals surface area (Å²) in [5.41, 5.74) is 0. The van der Waals surface area contributed by atoms with E-state index >= 15 is 0 Å². The Morgan fingerprint density at radius 3 is 2.17 bits per heavy atom. The minimum absolute atomic E-state index is 0.469. The highest BCUT2D eigenvalue weighted by molar-refractivity contribution is 9.09. The van der Waals surface area contributed by atoms with Crippen LogP contribution in [0, 0.1) is 0 Å². The molecule has 1 heterocycles. The highest BCUT2D eigenvalue weighted by Gasteiger charge is 2.28. The molecule has 6 heavy (non-hydrogen) atoms. The standard InChI is InChI=1S/C3H5BrOS/c4-3-1-6(5)2-3/h3H,1-2H2/t3-,6+. The maximum atomic E-state index is 10.2. The molecule has 0 atom stereocenters. The molecule has 1 saturated heterocycles. The molecule has 0 aliphatic carbocycles. The molecular formula is C3H5BrOS. The van der Waals surface area contributed by atoms with E-state index in [1.807, 2.05) is 0 Å². The Kier molecular flexibility index (Phi) is 1.41. The fourth-order valence-corrected chi connectivity index (χ4v) is 2.83. The molecule has 0 aromatic heterocycles. The molecular weight excluding hydrogens is 164 g/mol. The van der Waals surface area contributed by atoms with Crippen LogP contribution in [0.25, 0.3) is 0 Å². The van der Waals surface area contributed by atoms with Crippen LogP contribution in [0.5, 0.6) is 0 Å². The number of halogens is 1. The molecule has 1 aliphatic heterocycles. The van der Waals surface area contributed by atoms with E-state index in [0.29, 0.717) is 4.83 Å². The van der Waals surface area contributed by atoms with E-state index in [2.05, 4.69) is 15.9 Å². The molecule has 0 unspecified atom stereocenters. The van der Waals surface area contributed by atoms with Gasteiger partial charge in [-0.1, -0.05) is 27.1 Å². The van der Waals surface area contributed by atoms with E-state index in [1.165, 1.54) is 0 Å². The van der Waals surface area contributed by atoms with Crippen molar-refractivity contribution in [3.63, 3.8) is 0 Å². The van der Waals surface area contributed by atoms with Crippen LogP contribution in [-0.4, -0.2) is 20.9 Å². The normalized spacial score (nSPS) is 45.0. The molecule has 0 bridgehead atoms. The van der Waals surface area contributed by atoms with Gasteiger partial charge in [-0.25, -0.2) is 0 Å². The zero-order valence-corrected chi connectivity index (χ0v) is 5.59. The third-order valence-corrected chi connectivity index (χ3v) is 3.79. The molecule has 0 N–H and O–H groups in total. The number of alkyl halides is 1. The number of hydrogen-bond donors (Lipinski definition) is 0. The summed E-state index contributed by atoms with van der Waals surface area (Å²) in [6, 6.07) is 0. The number of hydrogen-bond acceptors (Lipinski definition) is 1. The van der Waals surface area contributed by atoms with Crippen molar-refractivity contribution in [3.8, 4) is 0 Å².